The normalized spacial score (nSPS) is 36.8. The van der Waals surface area contributed by atoms with Crippen LogP contribution < -0.4 is 0 Å². The standard InChI is InChI=1S/C9H14ClNO.ClH/c10-8(12)7-9-1-4-11(5-2-9)6-3-9;/h1-7H2;1H. The van der Waals surface area contributed by atoms with Crippen molar-refractivity contribution in [3.8, 4) is 0 Å². The lowest BCUT2D eigenvalue weighted by Crippen LogP contribution is -2.48. The Morgan fingerprint density at radius 1 is 1.23 bits per heavy atom. The lowest BCUT2D eigenvalue weighted by molar-refractivity contribution is -0.116. The Labute approximate surface area is 90.0 Å². The minimum atomic E-state index is -0.148. The van der Waals surface area contributed by atoms with Gasteiger partial charge in [-0.1, -0.05) is 0 Å². The number of carbonyl (C=O) groups excluding carboxylic acids is 1. The summed E-state index contributed by atoms with van der Waals surface area (Å²) in [5, 5.41) is -0.148. The van der Waals surface area contributed by atoms with E-state index < -0.39 is 0 Å². The van der Waals surface area contributed by atoms with E-state index in [1.54, 1.807) is 0 Å². The van der Waals surface area contributed by atoms with Gasteiger partial charge >= 0.3 is 0 Å². The molecule has 0 aromatic carbocycles. The molecule has 0 unspecified atom stereocenters. The molecule has 0 spiro atoms. The van der Waals surface area contributed by atoms with Crippen LogP contribution in [0.1, 0.15) is 25.7 Å². The summed E-state index contributed by atoms with van der Waals surface area (Å²) < 4.78 is 0. The van der Waals surface area contributed by atoms with E-state index in [0.29, 0.717) is 6.42 Å². The van der Waals surface area contributed by atoms with Crippen LogP contribution in [0.2, 0.25) is 0 Å². The highest BCUT2D eigenvalue weighted by molar-refractivity contribution is 6.63. The highest BCUT2D eigenvalue weighted by Crippen LogP contribution is 2.43. The average molecular weight is 224 g/mol. The van der Waals surface area contributed by atoms with Crippen LogP contribution >= 0.6 is 24.0 Å². The van der Waals surface area contributed by atoms with Crippen molar-refractivity contribution in [1.82, 2.24) is 4.90 Å². The molecule has 3 aliphatic heterocycles. The van der Waals surface area contributed by atoms with Crippen LogP contribution in [0.5, 0.6) is 0 Å². The largest absolute Gasteiger partial charge is 0.303 e. The molecule has 0 aromatic rings. The van der Waals surface area contributed by atoms with Crippen LogP contribution in [0.25, 0.3) is 0 Å². The molecule has 0 radical (unpaired) electrons. The van der Waals surface area contributed by atoms with E-state index in [1.807, 2.05) is 0 Å². The molecule has 0 aliphatic carbocycles. The van der Waals surface area contributed by atoms with E-state index >= 15 is 0 Å². The predicted molar refractivity (Wildman–Crippen MR) is 55.4 cm³/mol. The van der Waals surface area contributed by atoms with Gasteiger partial charge in [-0.05, 0) is 55.9 Å². The van der Waals surface area contributed by atoms with E-state index in [2.05, 4.69) is 4.90 Å². The lowest BCUT2D eigenvalue weighted by atomic mass is 9.70. The van der Waals surface area contributed by atoms with E-state index in [4.69, 9.17) is 11.6 Å². The van der Waals surface area contributed by atoms with Crippen LogP contribution in [0.15, 0.2) is 0 Å². The lowest BCUT2D eigenvalue weighted by Gasteiger charge is -2.47. The van der Waals surface area contributed by atoms with Crippen LogP contribution in [-0.2, 0) is 4.79 Å². The average Bonchev–Trinajstić information content (AvgIpc) is 2.05. The molecule has 2 bridgehead atoms. The highest BCUT2D eigenvalue weighted by atomic mass is 35.5. The Kier molecular flexibility index (Phi) is 3.61. The summed E-state index contributed by atoms with van der Waals surface area (Å²) in [7, 11) is 0. The Morgan fingerprint density at radius 2 is 1.69 bits per heavy atom. The highest BCUT2D eigenvalue weighted by Gasteiger charge is 2.40. The molecule has 0 saturated carbocycles. The van der Waals surface area contributed by atoms with Gasteiger partial charge in [0.25, 0.3) is 0 Å². The van der Waals surface area contributed by atoms with Gasteiger partial charge in [0, 0.05) is 6.42 Å². The Morgan fingerprint density at radius 3 is 2.08 bits per heavy atom. The molecule has 0 aromatic heterocycles. The SMILES string of the molecule is Cl.O=C(Cl)CC12CCN(CC1)CC2. The van der Waals surface area contributed by atoms with Gasteiger partial charge in [-0.3, -0.25) is 4.79 Å². The fourth-order valence-electron chi connectivity index (χ4n) is 2.46. The molecule has 0 atom stereocenters. The van der Waals surface area contributed by atoms with Gasteiger partial charge in [-0.15, -0.1) is 12.4 Å². The van der Waals surface area contributed by atoms with E-state index in [-0.39, 0.29) is 23.1 Å². The zero-order valence-corrected chi connectivity index (χ0v) is 9.16. The van der Waals surface area contributed by atoms with Gasteiger partial charge in [-0.2, -0.15) is 0 Å². The Balaban J connectivity index is 0.000000845. The van der Waals surface area contributed by atoms with E-state index in [0.717, 1.165) is 0 Å². The molecular formula is C9H15Cl2NO. The van der Waals surface area contributed by atoms with Crippen molar-refractivity contribution < 1.29 is 4.79 Å². The summed E-state index contributed by atoms with van der Waals surface area (Å²) in [6.45, 7) is 3.51. The molecule has 3 rings (SSSR count). The molecule has 4 heteroatoms. The number of rotatable bonds is 2. The van der Waals surface area contributed by atoms with Gasteiger partial charge in [0.2, 0.25) is 5.24 Å². The number of hydrogen-bond acceptors (Lipinski definition) is 2. The first kappa shape index (κ1) is 11.3. The first-order valence-electron chi connectivity index (χ1n) is 4.61. The second-order valence-corrected chi connectivity index (χ2v) is 4.55. The van der Waals surface area contributed by atoms with Crippen molar-refractivity contribution in [1.29, 1.82) is 0 Å². The summed E-state index contributed by atoms with van der Waals surface area (Å²) in [5.74, 6) is 0. The molecule has 76 valence electrons. The maximum atomic E-state index is 10.8. The summed E-state index contributed by atoms with van der Waals surface area (Å²) in [6.07, 6.45) is 4.12. The zero-order chi connectivity index (χ0) is 8.60. The fraction of sp³-hybridized carbons (Fsp3) is 0.889. The maximum Gasteiger partial charge on any atom is 0.222 e. The molecule has 3 aliphatic rings. The number of halogens is 2. The summed E-state index contributed by atoms with van der Waals surface area (Å²) in [5.41, 5.74) is 0.285. The van der Waals surface area contributed by atoms with Gasteiger partial charge in [0.1, 0.15) is 0 Å². The van der Waals surface area contributed by atoms with Gasteiger partial charge in [0.15, 0.2) is 0 Å². The molecule has 3 heterocycles. The molecule has 3 saturated heterocycles. The van der Waals surface area contributed by atoms with Crippen molar-refractivity contribution in [2.75, 3.05) is 19.6 Å². The Bertz CT molecular complexity index is 186. The van der Waals surface area contributed by atoms with Gasteiger partial charge in [0.05, 0.1) is 0 Å². The van der Waals surface area contributed by atoms with Crippen LogP contribution in [-0.4, -0.2) is 29.8 Å². The predicted octanol–water partition coefficient (Wildman–Crippen LogP) is 2.05. The second kappa shape index (κ2) is 4.16. The smallest absolute Gasteiger partial charge is 0.222 e. The monoisotopic (exact) mass is 223 g/mol. The quantitative estimate of drug-likeness (QED) is 0.669. The van der Waals surface area contributed by atoms with Gasteiger partial charge < -0.3 is 4.90 Å². The summed E-state index contributed by atoms with van der Waals surface area (Å²) >= 11 is 5.44. The number of piperidine rings is 3. The number of fused-ring (bicyclic) bond motifs is 3. The Hall–Kier alpha value is 0.210. The molecule has 2 nitrogen and oxygen atoms in total. The third-order valence-electron chi connectivity index (χ3n) is 3.39. The van der Waals surface area contributed by atoms with Crippen molar-refractivity contribution in [2.24, 2.45) is 5.41 Å². The first-order valence-corrected chi connectivity index (χ1v) is 4.99. The molecule has 0 N–H and O–H groups in total. The topological polar surface area (TPSA) is 20.3 Å². The molecule has 13 heavy (non-hydrogen) atoms. The minimum Gasteiger partial charge on any atom is -0.303 e. The number of hydrogen-bond donors (Lipinski definition) is 0. The zero-order valence-electron chi connectivity index (χ0n) is 7.59. The van der Waals surface area contributed by atoms with Crippen LogP contribution in [0.3, 0.4) is 0 Å². The second-order valence-electron chi connectivity index (χ2n) is 4.12. The van der Waals surface area contributed by atoms with Crippen molar-refractivity contribution >= 4 is 29.3 Å². The molecule has 0 amide bonds. The van der Waals surface area contributed by atoms with E-state index in [9.17, 15) is 4.79 Å². The number of nitrogens with zero attached hydrogens (tertiary/aromatic N) is 1. The minimum absolute atomic E-state index is 0. The van der Waals surface area contributed by atoms with Gasteiger partial charge in [-0.25, -0.2) is 0 Å². The third kappa shape index (κ3) is 2.36. The third-order valence-corrected chi connectivity index (χ3v) is 3.52. The first-order chi connectivity index (χ1) is 5.70. The van der Waals surface area contributed by atoms with E-state index in [1.165, 1.54) is 38.9 Å². The summed E-state index contributed by atoms with van der Waals surface area (Å²) in [4.78, 5) is 13.3. The molecular weight excluding hydrogens is 209 g/mol. The van der Waals surface area contributed by atoms with Crippen molar-refractivity contribution in [3.63, 3.8) is 0 Å². The van der Waals surface area contributed by atoms with Crippen molar-refractivity contribution in [2.45, 2.75) is 25.7 Å². The summed E-state index contributed by atoms with van der Waals surface area (Å²) in [6, 6.07) is 0. The maximum absolute atomic E-state index is 10.8. The number of carbonyl (C=O) groups is 1. The van der Waals surface area contributed by atoms with Crippen LogP contribution in [0, 0.1) is 5.41 Å². The van der Waals surface area contributed by atoms with Crippen LogP contribution in [0.4, 0.5) is 0 Å². The molecule has 3 fully saturated rings. The fourth-order valence-corrected chi connectivity index (χ4v) is 2.74. The van der Waals surface area contributed by atoms with Crippen molar-refractivity contribution in [3.05, 3.63) is 0 Å².